The number of benzene rings is 1. The van der Waals surface area contributed by atoms with Crippen molar-refractivity contribution >= 4 is 32.2 Å². The van der Waals surface area contributed by atoms with Crippen LogP contribution in [-0.2, 0) is 10.0 Å². The lowest BCUT2D eigenvalue weighted by Crippen LogP contribution is -2.13. The SMILES string of the molecule is Cc1cc(S(=O)(=O)Nc2nncs2)cc(N)c1C. The quantitative estimate of drug-likeness (QED) is 0.833. The number of anilines is 2. The third kappa shape index (κ3) is 2.44. The fourth-order valence-corrected chi connectivity index (χ4v) is 3.21. The number of aromatic nitrogens is 2. The van der Waals surface area contributed by atoms with Crippen molar-refractivity contribution in [3.05, 3.63) is 28.8 Å². The summed E-state index contributed by atoms with van der Waals surface area (Å²) in [6, 6.07) is 3.01. The first-order valence-corrected chi connectivity index (χ1v) is 7.42. The number of sulfonamides is 1. The number of aryl methyl sites for hydroxylation is 1. The summed E-state index contributed by atoms with van der Waals surface area (Å²) in [4.78, 5) is 0.123. The predicted molar refractivity (Wildman–Crippen MR) is 71.0 cm³/mol. The van der Waals surface area contributed by atoms with Crippen molar-refractivity contribution in [2.24, 2.45) is 0 Å². The Morgan fingerprint density at radius 1 is 1.33 bits per heavy atom. The van der Waals surface area contributed by atoms with Crippen LogP contribution in [0.25, 0.3) is 0 Å². The van der Waals surface area contributed by atoms with Crippen LogP contribution in [-0.4, -0.2) is 18.6 Å². The van der Waals surface area contributed by atoms with Gasteiger partial charge in [0.25, 0.3) is 10.0 Å². The second-order valence-electron chi connectivity index (χ2n) is 3.80. The zero-order valence-corrected chi connectivity index (χ0v) is 11.5. The average molecular weight is 284 g/mol. The zero-order chi connectivity index (χ0) is 13.3. The van der Waals surface area contributed by atoms with Crippen LogP contribution < -0.4 is 10.5 Å². The van der Waals surface area contributed by atoms with Gasteiger partial charge in [0.05, 0.1) is 4.90 Å². The van der Waals surface area contributed by atoms with Crippen LogP contribution in [0.5, 0.6) is 0 Å². The molecule has 6 nitrogen and oxygen atoms in total. The summed E-state index contributed by atoms with van der Waals surface area (Å²) >= 11 is 1.11. The van der Waals surface area contributed by atoms with Crippen molar-refractivity contribution in [2.75, 3.05) is 10.5 Å². The fraction of sp³-hybridized carbons (Fsp3) is 0.200. The van der Waals surface area contributed by atoms with Gasteiger partial charge >= 0.3 is 0 Å². The molecule has 0 aliphatic rings. The van der Waals surface area contributed by atoms with Crippen molar-refractivity contribution in [3.8, 4) is 0 Å². The minimum absolute atomic E-state index is 0.123. The lowest BCUT2D eigenvalue weighted by atomic mass is 10.1. The number of nitrogens with one attached hydrogen (secondary N) is 1. The van der Waals surface area contributed by atoms with E-state index in [0.717, 1.165) is 22.5 Å². The van der Waals surface area contributed by atoms with E-state index in [1.54, 1.807) is 6.07 Å². The molecule has 2 rings (SSSR count). The van der Waals surface area contributed by atoms with Gasteiger partial charge in [-0.3, -0.25) is 4.72 Å². The van der Waals surface area contributed by atoms with Gasteiger partial charge in [-0.15, -0.1) is 10.2 Å². The predicted octanol–water partition coefficient (Wildman–Crippen LogP) is 1.54. The number of hydrogen-bond donors (Lipinski definition) is 2. The van der Waals surface area contributed by atoms with Gasteiger partial charge in [0.2, 0.25) is 5.13 Å². The minimum atomic E-state index is -3.67. The molecule has 0 amide bonds. The topological polar surface area (TPSA) is 98.0 Å². The molecule has 3 N–H and O–H groups in total. The van der Waals surface area contributed by atoms with Gasteiger partial charge < -0.3 is 5.73 Å². The van der Waals surface area contributed by atoms with Gasteiger partial charge in [0, 0.05) is 5.69 Å². The number of hydrogen-bond acceptors (Lipinski definition) is 6. The van der Waals surface area contributed by atoms with Crippen LogP contribution in [0, 0.1) is 13.8 Å². The lowest BCUT2D eigenvalue weighted by Gasteiger charge is -2.09. The monoisotopic (exact) mass is 284 g/mol. The minimum Gasteiger partial charge on any atom is -0.398 e. The first kappa shape index (κ1) is 12.8. The van der Waals surface area contributed by atoms with Crippen molar-refractivity contribution in [1.82, 2.24) is 10.2 Å². The van der Waals surface area contributed by atoms with Crippen molar-refractivity contribution in [3.63, 3.8) is 0 Å². The third-order valence-electron chi connectivity index (χ3n) is 2.57. The van der Waals surface area contributed by atoms with Crippen molar-refractivity contribution in [1.29, 1.82) is 0 Å². The number of nitrogens with two attached hydrogens (primary N) is 1. The van der Waals surface area contributed by atoms with E-state index in [0.29, 0.717) is 5.69 Å². The molecule has 0 fully saturated rings. The number of nitrogens with zero attached hydrogens (tertiary/aromatic N) is 2. The molecule has 8 heteroatoms. The Kier molecular flexibility index (Phi) is 3.22. The molecule has 0 saturated heterocycles. The first-order chi connectivity index (χ1) is 8.40. The Morgan fingerprint density at radius 2 is 2.06 bits per heavy atom. The summed E-state index contributed by atoms with van der Waals surface area (Å²) in [5.74, 6) is 0. The zero-order valence-electron chi connectivity index (χ0n) is 9.84. The van der Waals surface area contributed by atoms with Crippen LogP contribution in [0.4, 0.5) is 10.8 Å². The maximum absolute atomic E-state index is 12.1. The molecule has 96 valence electrons. The van der Waals surface area contributed by atoms with Gasteiger partial charge in [0.1, 0.15) is 5.51 Å². The Hall–Kier alpha value is -1.67. The highest BCUT2D eigenvalue weighted by Gasteiger charge is 2.17. The average Bonchev–Trinajstić information content (AvgIpc) is 2.77. The molecule has 0 saturated carbocycles. The molecular formula is C10H12N4O2S2. The van der Waals surface area contributed by atoms with Gasteiger partial charge in [0.15, 0.2) is 0 Å². The Morgan fingerprint density at radius 3 is 2.61 bits per heavy atom. The molecule has 0 aliphatic carbocycles. The summed E-state index contributed by atoms with van der Waals surface area (Å²) in [6.45, 7) is 3.66. The molecule has 0 radical (unpaired) electrons. The van der Waals surface area contributed by atoms with E-state index in [9.17, 15) is 8.42 Å². The van der Waals surface area contributed by atoms with E-state index < -0.39 is 10.0 Å². The van der Waals surface area contributed by atoms with Crippen LogP contribution in [0.1, 0.15) is 11.1 Å². The summed E-state index contributed by atoms with van der Waals surface area (Å²) in [5.41, 5.74) is 9.38. The van der Waals surface area contributed by atoms with Crippen molar-refractivity contribution < 1.29 is 8.42 Å². The first-order valence-electron chi connectivity index (χ1n) is 5.06. The molecule has 18 heavy (non-hydrogen) atoms. The van der Waals surface area contributed by atoms with Crippen LogP contribution >= 0.6 is 11.3 Å². The summed E-state index contributed by atoms with van der Waals surface area (Å²) in [5, 5.41) is 7.43. The Bertz CT molecular complexity index is 642. The van der Waals surface area contributed by atoms with E-state index in [1.807, 2.05) is 13.8 Å². The van der Waals surface area contributed by atoms with E-state index >= 15 is 0 Å². The lowest BCUT2D eigenvalue weighted by molar-refractivity contribution is 0.601. The van der Waals surface area contributed by atoms with E-state index in [1.165, 1.54) is 11.6 Å². The molecule has 1 heterocycles. The summed E-state index contributed by atoms with van der Waals surface area (Å²) < 4.78 is 26.5. The van der Waals surface area contributed by atoms with E-state index in [2.05, 4.69) is 14.9 Å². The standard InChI is InChI=1S/C10H12N4O2S2/c1-6-3-8(4-9(11)7(6)2)18(15,16)14-10-13-12-5-17-10/h3-5H,11H2,1-2H3,(H,13,14). The second kappa shape index (κ2) is 4.54. The normalized spacial score (nSPS) is 11.4. The number of rotatable bonds is 3. The number of nitrogen functional groups attached to an aromatic ring is 1. The summed E-state index contributed by atoms with van der Waals surface area (Å²) in [7, 11) is -3.67. The molecule has 0 spiro atoms. The van der Waals surface area contributed by atoms with Crippen LogP contribution in [0.2, 0.25) is 0 Å². The highest BCUT2D eigenvalue weighted by molar-refractivity contribution is 7.93. The molecule has 1 aromatic carbocycles. The Balaban J connectivity index is 2.42. The molecule has 0 aliphatic heterocycles. The van der Waals surface area contributed by atoms with Gasteiger partial charge in [-0.2, -0.15) is 0 Å². The molecule has 0 bridgehead atoms. The van der Waals surface area contributed by atoms with Gasteiger partial charge in [-0.1, -0.05) is 11.3 Å². The molecular weight excluding hydrogens is 272 g/mol. The van der Waals surface area contributed by atoms with E-state index in [-0.39, 0.29) is 10.0 Å². The smallest absolute Gasteiger partial charge is 0.263 e. The van der Waals surface area contributed by atoms with Gasteiger partial charge in [-0.25, -0.2) is 8.42 Å². The van der Waals surface area contributed by atoms with E-state index in [4.69, 9.17) is 5.73 Å². The van der Waals surface area contributed by atoms with Gasteiger partial charge in [-0.05, 0) is 37.1 Å². The Labute approximate surface area is 109 Å². The molecule has 0 unspecified atom stereocenters. The maximum atomic E-state index is 12.1. The molecule has 2 aromatic rings. The third-order valence-corrected chi connectivity index (χ3v) is 4.63. The highest BCUT2D eigenvalue weighted by Crippen LogP contribution is 2.23. The molecule has 0 atom stereocenters. The van der Waals surface area contributed by atoms with Crippen molar-refractivity contribution in [2.45, 2.75) is 18.7 Å². The van der Waals surface area contributed by atoms with Crippen LogP contribution in [0.3, 0.4) is 0 Å². The molecule has 1 aromatic heterocycles. The maximum Gasteiger partial charge on any atom is 0.263 e. The van der Waals surface area contributed by atoms with Crippen LogP contribution in [0.15, 0.2) is 22.5 Å². The largest absolute Gasteiger partial charge is 0.398 e. The highest BCUT2D eigenvalue weighted by atomic mass is 32.2. The summed E-state index contributed by atoms with van der Waals surface area (Å²) in [6.07, 6.45) is 0. The fourth-order valence-electron chi connectivity index (χ4n) is 1.40. The second-order valence-corrected chi connectivity index (χ2v) is 6.32.